The molecule has 0 saturated carbocycles. The van der Waals surface area contributed by atoms with Crippen molar-refractivity contribution in [2.45, 2.75) is 41.5 Å². The van der Waals surface area contributed by atoms with Gasteiger partial charge in [-0.3, -0.25) is 4.79 Å². The standard InChI is InChI=1S/C14H18ClF3N2O5S2/c1-7(21)6-19-27(24,25)9-5-4-8(10(15)11(9)26-3)20-12(22)13(2,23)14(16,17)18/h4-5,7,19,21,23H,6H2,1-3H3,(H,20,22)/t7-,13+/m0/s1. The van der Waals surface area contributed by atoms with Crippen LogP contribution in [0.2, 0.25) is 5.02 Å². The molecule has 4 N–H and O–H groups in total. The number of aliphatic hydroxyl groups excluding tert-OH is 1. The predicted molar refractivity (Wildman–Crippen MR) is 95.4 cm³/mol. The first-order chi connectivity index (χ1) is 12.1. The van der Waals surface area contributed by atoms with E-state index < -0.39 is 33.8 Å². The third kappa shape index (κ3) is 5.48. The first-order valence-electron chi connectivity index (χ1n) is 7.30. The minimum absolute atomic E-state index is 0.0285. The first kappa shape index (κ1) is 24.0. The van der Waals surface area contributed by atoms with Crippen molar-refractivity contribution in [3.05, 3.63) is 17.2 Å². The molecule has 7 nitrogen and oxygen atoms in total. The number of anilines is 1. The highest BCUT2D eigenvalue weighted by Crippen LogP contribution is 2.38. The molecule has 0 aliphatic carbocycles. The Labute approximate surface area is 163 Å². The molecule has 0 radical (unpaired) electrons. The van der Waals surface area contributed by atoms with Gasteiger partial charge in [0.1, 0.15) is 0 Å². The highest BCUT2D eigenvalue weighted by atomic mass is 35.5. The molecular weight excluding hydrogens is 433 g/mol. The van der Waals surface area contributed by atoms with Crippen molar-refractivity contribution >= 4 is 45.0 Å². The lowest BCUT2D eigenvalue weighted by Gasteiger charge is -2.25. The second-order valence-electron chi connectivity index (χ2n) is 5.68. The summed E-state index contributed by atoms with van der Waals surface area (Å²) >= 11 is 6.94. The lowest BCUT2D eigenvalue weighted by molar-refractivity contribution is -0.242. The van der Waals surface area contributed by atoms with Gasteiger partial charge in [0.15, 0.2) is 0 Å². The van der Waals surface area contributed by atoms with Crippen molar-refractivity contribution in [2.75, 3.05) is 18.1 Å². The minimum Gasteiger partial charge on any atom is -0.392 e. The van der Waals surface area contributed by atoms with E-state index >= 15 is 0 Å². The third-order valence-corrected chi connectivity index (χ3v) is 6.30. The fourth-order valence-corrected chi connectivity index (χ4v) is 4.56. The van der Waals surface area contributed by atoms with Crippen LogP contribution in [0.1, 0.15) is 13.8 Å². The lowest BCUT2D eigenvalue weighted by atomic mass is 10.1. The van der Waals surface area contributed by atoms with Gasteiger partial charge in [-0.1, -0.05) is 11.6 Å². The van der Waals surface area contributed by atoms with Gasteiger partial charge >= 0.3 is 6.18 Å². The second kappa shape index (κ2) is 8.53. The molecule has 1 rings (SSSR count). The van der Waals surface area contributed by atoms with Gasteiger partial charge in [-0.25, -0.2) is 13.1 Å². The normalized spacial score (nSPS) is 15.9. The van der Waals surface area contributed by atoms with E-state index in [0.29, 0.717) is 0 Å². The number of halogens is 4. The maximum absolute atomic E-state index is 12.7. The van der Waals surface area contributed by atoms with Crippen LogP contribution >= 0.6 is 23.4 Å². The molecule has 0 unspecified atom stereocenters. The lowest BCUT2D eigenvalue weighted by Crippen LogP contribution is -2.52. The van der Waals surface area contributed by atoms with Crippen LogP contribution in [0.3, 0.4) is 0 Å². The van der Waals surface area contributed by atoms with Crippen LogP contribution in [0.15, 0.2) is 21.9 Å². The first-order valence-corrected chi connectivity index (χ1v) is 10.4. The summed E-state index contributed by atoms with van der Waals surface area (Å²) in [7, 11) is -4.07. The van der Waals surface area contributed by atoms with Gasteiger partial charge in [0.25, 0.3) is 5.91 Å². The van der Waals surface area contributed by atoms with E-state index in [4.69, 9.17) is 11.6 Å². The molecule has 0 aliphatic rings. The van der Waals surface area contributed by atoms with E-state index in [1.54, 1.807) is 0 Å². The largest absolute Gasteiger partial charge is 0.426 e. The van der Waals surface area contributed by atoms with Crippen LogP contribution in [0.4, 0.5) is 18.9 Å². The number of sulfonamides is 1. The Morgan fingerprint density at radius 3 is 2.37 bits per heavy atom. The molecule has 0 spiro atoms. The van der Waals surface area contributed by atoms with Crippen LogP contribution in [0, 0.1) is 0 Å². The topological polar surface area (TPSA) is 116 Å². The molecule has 1 aromatic rings. The Morgan fingerprint density at radius 2 is 1.93 bits per heavy atom. The zero-order chi connectivity index (χ0) is 21.2. The number of amides is 1. The van der Waals surface area contributed by atoms with Crippen LogP contribution < -0.4 is 10.0 Å². The monoisotopic (exact) mass is 450 g/mol. The molecule has 0 aliphatic heterocycles. The summed E-state index contributed by atoms with van der Waals surface area (Å²) in [5.74, 6) is -1.77. The highest BCUT2D eigenvalue weighted by Gasteiger charge is 2.55. The molecular formula is C14H18ClF3N2O5S2. The number of benzene rings is 1. The van der Waals surface area contributed by atoms with Gasteiger partial charge in [-0.2, -0.15) is 13.2 Å². The number of hydrogen-bond donors (Lipinski definition) is 4. The number of aliphatic hydroxyl groups is 2. The zero-order valence-electron chi connectivity index (χ0n) is 14.4. The molecule has 154 valence electrons. The Hall–Kier alpha value is -1.05. The summed E-state index contributed by atoms with van der Waals surface area (Å²) in [6.07, 6.45) is -4.69. The van der Waals surface area contributed by atoms with Crippen molar-refractivity contribution in [1.82, 2.24) is 4.72 Å². The van der Waals surface area contributed by atoms with E-state index in [2.05, 4.69) is 4.72 Å². The van der Waals surface area contributed by atoms with Crippen molar-refractivity contribution in [3.63, 3.8) is 0 Å². The number of carbonyl (C=O) groups is 1. The molecule has 0 fully saturated rings. The number of rotatable bonds is 7. The number of alkyl halides is 3. The van der Waals surface area contributed by atoms with Crippen LogP contribution in [-0.4, -0.2) is 55.2 Å². The predicted octanol–water partition coefficient (Wildman–Crippen LogP) is 1.97. The quantitative estimate of drug-likeness (QED) is 0.472. The molecule has 0 aromatic heterocycles. The summed E-state index contributed by atoms with van der Waals surface area (Å²) < 4.78 is 65.0. The Morgan fingerprint density at radius 1 is 1.37 bits per heavy atom. The van der Waals surface area contributed by atoms with Gasteiger partial charge in [-0.05, 0) is 32.2 Å². The molecule has 1 aromatic carbocycles. The summed E-state index contributed by atoms with van der Waals surface area (Å²) in [4.78, 5) is 11.5. The third-order valence-electron chi connectivity index (χ3n) is 3.37. The van der Waals surface area contributed by atoms with Crippen molar-refractivity contribution in [3.8, 4) is 0 Å². The maximum atomic E-state index is 12.7. The number of nitrogens with one attached hydrogen (secondary N) is 2. The van der Waals surface area contributed by atoms with E-state index in [-0.39, 0.29) is 34.0 Å². The van der Waals surface area contributed by atoms with Gasteiger partial charge < -0.3 is 15.5 Å². The minimum atomic E-state index is -5.22. The van der Waals surface area contributed by atoms with Gasteiger partial charge in [0, 0.05) is 11.4 Å². The SMILES string of the molecule is CSc1c(S(=O)(=O)NC[C@H](C)O)ccc(NC(=O)[C@@](C)(O)C(F)(F)F)c1Cl. The highest BCUT2D eigenvalue weighted by molar-refractivity contribution is 7.99. The van der Waals surface area contributed by atoms with Crippen LogP contribution in [-0.2, 0) is 14.8 Å². The summed E-state index contributed by atoms with van der Waals surface area (Å²) in [6.45, 7) is 1.39. The molecule has 27 heavy (non-hydrogen) atoms. The number of hydrogen-bond acceptors (Lipinski definition) is 6. The number of thioether (sulfide) groups is 1. The van der Waals surface area contributed by atoms with E-state index in [9.17, 15) is 36.6 Å². The Balaban J connectivity index is 3.27. The van der Waals surface area contributed by atoms with Crippen LogP contribution in [0.5, 0.6) is 0 Å². The second-order valence-corrected chi connectivity index (χ2v) is 8.61. The summed E-state index contributed by atoms with van der Waals surface area (Å²) in [5.41, 5.74) is -3.97. The molecule has 0 heterocycles. The fourth-order valence-electron chi connectivity index (χ4n) is 1.72. The number of carbonyl (C=O) groups excluding carboxylic acids is 1. The van der Waals surface area contributed by atoms with E-state index in [0.717, 1.165) is 23.9 Å². The van der Waals surface area contributed by atoms with Gasteiger partial charge in [-0.15, -0.1) is 11.8 Å². The average molecular weight is 451 g/mol. The molecule has 0 bridgehead atoms. The van der Waals surface area contributed by atoms with Gasteiger partial charge in [0.05, 0.1) is 21.7 Å². The Bertz CT molecular complexity index is 814. The summed E-state index contributed by atoms with van der Waals surface area (Å²) in [6, 6.07) is 2.04. The molecule has 0 saturated heterocycles. The Kier molecular flexibility index (Phi) is 7.58. The van der Waals surface area contributed by atoms with Crippen molar-refractivity contribution < 1.29 is 36.6 Å². The fraction of sp³-hybridized carbons (Fsp3) is 0.500. The molecule has 13 heteroatoms. The molecule has 1 amide bonds. The average Bonchev–Trinajstić information content (AvgIpc) is 2.53. The van der Waals surface area contributed by atoms with Crippen molar-refractivity contribution in [2.24, 2.45) is 0 Å². The smallest absolute Gasteiger partial charge is 0.392 e. The van der Waals surface area contributed by atoms with E-state index in [1.807, 2.05) is 5.32 Å². The summed E-state index contributed by atoms with van der Waals surface area (Å²) in [5, 5.41) is 20.1. The van der Waals surface area contributed by atoms with Gasteiger partial charge in [0.2, 0.25) is 15.6 Å². The van der Waals surface area contributed by atoms with Crippen LogP contribution in [0.25, 0.3) is 0 Å². The van der Waals surface area contributed by atoms with E-state index in [1.165, 1.54) is 13.2 Å². The van der Waals surface area contributed by atoms with Crippen molar-refractivity contribution in [1.29, 1.82) is 0 Å². The maximum Gasteiger partial charge on any atom is 0.426 e. The molecule has 2 atom stereocenters. The zero-order valence-corrected chi connectivity index (χ0v) is 16.8.